The van der Waals surface area contributed by atoms with Gasteiger partial charge in [-0.3, -0.25) is 4.98 Å². The maximum absolute atomic E-state index is 6.34. The molecule has 1 saturated carbocycles. The molecule has 0 amide bonds. The van der Waals surface area contributed by atoms with Crippen molar-refractivity contribution in [3.8, 4) is 11.3 Å². The Morgan fingerprint density at radius 2 is 1.40 bits per heavy atom. The normalized spacial score (nSPS) is 14.9. The lowest BCUT2D eigenvalue weighted by Crippen LogP contribution is -1.94. The van der Waals surface area contributed by atoms with Gasteiger partial charge >= 0.3 is 0 Å². The topological polar surface area (TPSA) is 26.0 Å². The zero-order chi connectivity index (χ0) is 22.9. The number of benzene rings is 4. The molecule has 3 aromatic heterocycles. The van der Waals surface area contributed by atoms with Crippen molar-refractivity contribution in [2.24, 2.45) is 0 Å². The highest BCUT2D eigenvalue weighted by Gasteiger charge is 2.19. The van der Waals surface area contributed by atoms with E-state index in [0.29, 0.717) is 5.92 Å². The van der Waals surface area contributed by atoms with E-state index >= 15 is 0 Å². The third-order valence-electron chi connectivity index (χ3n) is 7.89. The van der Waals surface area contributed by atoms with Crippen molar-refractivity contribution >= 4 is 64.2 Å². The maximum Gasteiger partial charge on any atom is 0.143 e. The summed E-state index contributed by atoms with van der Waals surface area (Å²) in [5, 5.41) is 7.41. The van der Waals surface area contributed by atoms with Gasteiger partial charge in [0.05, 0.1) is 5.69 Å². The fourth-order valence-corrected chi connectivity index (χ4v) is 7.50. The highest BCUT2D eigenvalue weighted by atomic mass is 32.1. The van der Waals surface area contributed by atoms with E-state index in [9.17, 15) is 0 Å². The van der Waals surface area contributed by atoms with Crippen molar-refractivity contribution in [1.82, 2.24) is 4.98 Å². The van der Waals surface area contributed by atoms with Gasteiger partial charge < -0.3 is 4.42 Å². The fourth-order valence-electron chi connectivity index (χ4n) is 6.15. The number of thiophene rings is 1. The molecule has 1 aliphatic carbocycles. The van der Waals surface area contributed by atoms with Gasteiger partial charge in [-0.25, -0.2) is 0 Å². The zero-order valence-corrected chi connectivity index (χ0v) is 20.1. The number of pyridine rings is 1. The molecule has 3 heteroatoms. The van der Waals surface area contributed by atoms with E-state index in [1.807, 2.05) is 23.6 Å². The molecular formula is C32H23NOS. The smallest absolute Gasteiger partial charge is 0.143 e. The number of hydrogen-bond donors (Lipinski definition) is 0. The van der Waals surface area contributed by atoms with Crippen molar-refractivity contribution in [1.29, 1.82) is 0 Å². The molecular weight excluding hydrogens is 446 g/mol. The monoisotopic (exact) mass is 469 g/mol. The third-order valence-corrected chi connectivity index (χ3v) is 9.18. The van der Waals surface area contributed by atoms with Crippen molar-refractivity contribution in [3.63, 3.8) is 0 Å². The van der Waals surface area contributed by atoms with E-state index < -0.39 is 0 Å². The first-order valence-corrected chi connectivity index (χ1v) is 13.3. The Kier molecular flexibility index (Phi) is 4.14. The minimum atomic E-state index is 0.688. The van der Waals surface area contributed by atoms with Crippen LogP contribution in [0.1, 0.15) is 37.2 Å². The summed E-state index contributed by atoms with van der Waals surface area (Å²) in [5.41, 5.74) is 5.71. The SMILES string of the molecule is c1ccc2c(c1)oc1c2ccc2c1ccc1c3cccc(-c4cc(C5CCCC5)ccn4)c3sc12. The number of hydrogen-bond acceptors (Lipinski definition) is 3. The van der Waals surface area contributed by atoms with Crippen LogP contribution in [-0.4, -0.2) is 4.98 Å². The van der Waals surface area contributed by atoms with E-state index in [1.165, 1.54) is 78.5 Å². The van der Waals surface area contributed by atoms with Crippen LogP contribution >= 0.6 is 11.3 Å². The molecule has 0 spiro atoms. The summed E-state index contributed by atoms with van der Waals surface area (Å²) in [6, 6.07) is 28.5. The largest absolute Gasteiger partial charge is 0.455 e. The number of fused-ring (bicyclic) bond motifs is 9. The van der Waals surface area contributed by atoms with Gasteiger partial charge in [0.2, 0.25) is 0 Å². The number of para-hydroxylation sites is 1. The second-order valence-electron chi connectivity index (χ2n) is 9.82. The molecule has 0 saturated heterocycles. The van der Waals surface area contributed by atoms with Gasteiger partial charge in [0.15, 0.2) is 0 Å². The Labute approximate surface area is 206 Å². The van der Waals surface area contributed by atoms with Crippen LogP contribution in [0.4, 0.5) is 0 Å². The Balaban J connectivity index is 1.38. The lowest BCUT2D eigenvalue weighted by Gasteiger charge is -2.11. The van der Waals surface area contributed by atoms with E-state index in [0.717, 1.165) is 16.9 Å². The summed E-state index contributed by atoms with van der Waals surface area (Å²) < 4.78 is 8.97. The Bertz CT molecular complexity index is 1920. The van der Waals surface area contributed by atoms with Gasteiger partial charge in [-0.1, -0.05) is 61.4 Å². The molecule has 1 fully saturated rings. The van der Waals surface area contributed by atoms with Crippen LogP contribution in [0.3, 0.4) is 0 Å². The van der Waals surface area contributed by atoms with Gasteiger partial charge in [0, 0.05) is 53.5 Å². The fraction of sp³-hybridized carbons (Fsp3) is 0.156. The highest BCUT2D eigenvalue weighted by molar-refractivity contribution is 7.27. The summed E-state index contributed by atoms with van der Waals surface area (Å²) >= 11 is 1.88. The van der Waals surface area contributed by atoms with E-state index in [4.69, 9.17) is 9.40 Å². The molecule has 0 unspecified atom stereocenters. The predicted molar refractivity (Wildman–Crippen MR) is 149 cm³/mol. The van der Waals surface area contributed by atoms with Crippen LogP contribution in [0, 0.1) is 0 Å². The van der Waals surface area contributed by atoms with E-state index in [-0.39, 0.29) is 0 Å². The number of nitrogens with zero attached hydrogens (tertiary/aromatic N) is 1. The predicted octanol–water partition coefficient (Wildman–Crippen LogP) is 9.83. The summed E-state index contributed by atoms with van der Waals surface area (Å²) in [7, 11) is 0. The first-order valence-electron chi connectivity index (χ1n) is 12.5. The standard InChI is InChI=1S/C32H23NOS/c1-2-7-19(6-1)20-16-17-33-28(18-20)27-10-5-9-24-26-15-13-23-25(31(26)35-32(24)27)14-12-22-21-8-3-4-11-29(21)34-30(22)23/h3-5,8-19H,1-2,6-7H2. The molecule has 0 atom stereocenters. The molecule has 3 heterocycles. The molecule has 1 aliphatic rings. The Morgan fingerprint density at radius 3 is 2.29 bits per heavy atom. The van der Waals surface area contributed by atoms with Gasteiger partial charge in [0.25, 0.3) is 0 Å². The molecule has 0 bridgehead atoms. The first-order chi connectivity index (χ1) is 17.3. The molecule has 0 radical (unpaired) electrons. The van der Waals surface area contributed by atoms with Gasteiger partial charge in [0.1, 0.15) is 11.2 Å². The van der Waals surface area contributed by atoms with E-state index in [1.54, 1.807) is 0 Å². The number of furan rings is 1. The number of aromatic nitrogens is 1. The van der Waals surface area contributed by atoms with Crippen molar-refractivity contribution < 1.29 is 4.42 Å². The average molecular weight is 470 g/mol. The average Bonchev–Trinajstić information content (AvgIpc) is 3.65. The second kappa shape index (κ2) is 7.40. The third kappa shape index (κ3) is 2.85. The molecule has 8 rings (SSSR count). The van der Waals surface area contributed by atoms with Crippen molar-refractivity contribution in [2.45, 2.75) is 31.6 Å². The summed E-state index contributed by atoms with van der Waals surface area (Å²) in [6.07, 6.45) is 7.31. The van der Waals surface area contributed by atoms with Crippen LogP contribution in [0.5, 0.6) is 0 Å². The van der Waals surface area contributed by atoms with Crippen LogP contribution in [0.2, 0.25) is 0 Å². The molecule has 4 aromatic carbocycles. The lowest BCUT2D eigenvalue weighted by atomic mass is 9.96. The summed E-state index contributed by atoms with van der Waals surface area (Å²) in [5.74, 6) is 0.688. The minimum absolute atomic E-state index is 0.688. The zero-order valence-electron chi connectivity index (χ0n) is 19.3. The molecule has 168 valence electrons. The van der Waals surface area contributed by atoms with Crippen LogP contribution < -0.4 is 0 Å². The molecule has 7 aromatic rings. The Morgan fingerprint density at radius 1 is 0.686 bits per heavy atom. The summed E-state index contributed by atoms with van der Waals surface area (Å²) in [6.45, 7) is 0. The van der Waals surface area contributed by atoms with Crippen LogP contribution in [-0.2, 0) is 0 Å². The Hall–Kier alpha value is -3.69. The maximum atomic E-state index is 6.34. The number of rotatable bonds is 2. The van der Waals surface area contributed by atoms with E-state index in [2.05, 4.69) is 72.8 Å². The van der Waals surface area contributed by atoms with Crippen molar-refractivity contribution in [2.75, 3.05) is 0 Å². The summed E-state index contributed by atoms with van der Waals surface area (Å²) in [4.78, 5) is 4.82. The quantitative estimate of drug-likeness (QED) is 0.252. The minimum Gasteiger partial charge on any atom is -0.455 e. The van der Waals surface area contributed by atoms with Gasteiger partial charge in [-0.05, 0) is 54.7 Å². The van der Waals surface area contributed by atoms with Crippen molar-refractivity contribution in [3.05, 3.63) is 90.6 Å². The van der Waals surface area contributed by atoms with Gasteiger partial charge in [-0.15, -0.1) is 11.3 Å². The van der Waals surface area contributed by atoms with Crippen LogP contribution in [0.15, 0.2) is 89.5 Å². The molecule has 2 nitrogen and oxygen atoms in total. The second-order valence-corrected chi connectivity index (χ2v) is 10.8. The molecule has 0 N–H and O–H groups in total. The first kappa shape index (κ1) is 19.6. The molecule has 35 heavy (non-hydrogen) atoms. The molecule has 0 aliphatic heterocycles. The van der Waals surface area contributed by atoms with Gasteiger partial charge in [-0.2, -0.15) is 0 Å². The highest BCUT2D eigenvalue weighted by Crippen LogP contribution is 2.45. The van der Waals surface area contributed by atoms with Crippen LogP contribution in [0.25, 0.3) is 64.1 Å². The lowest BCUT2D eigenvalue weighted by molar-refractivity contribution is 0.672.